The largest absolute Gasteiger partial charge is 0.465 e. The minimum Gasteiger partial charge on any atom is -0.465 e. The van der Waals surface area contributed by atoms with Crippen molar-refractivity contribution < 1.29 is 31.1 Å². The second-order valence-corrected chi connectivity index (χ2v) is 8.26. The van der Waals surface area contributed by atoms with Crippen LogP contribution in [0, 0.1) is 5.92 Å². The zero-order valence-corrected chi connectivity index (χ0v) is 15.2. The maximum Gasteiger partial charge on any atom is 0.417 e. The summed E-state index contributed by atoms with van der Waals surface area (Å²) in [4.78, 5) is 11.1. The van der Waals surface area contributed by atoms with Crippen LogP contribution in [0.15, 0.2) is 23.1 Å². The Balaban J connectivity index is 2.45. The third-order valence-corrected chi connectivity index (χ3v) is 6.36. The average Bonchev–Trinajstić information content (AvgIpc) is 2.59. The summed E-state index contributed by atoms with van der Waals surface area (Å²) in [7, 11) is -3.18. The molecule has 0 radical (unpaired) electrons. The van der Waals surface area contributed by atoms with E-state index >= 15 is 0 Å². The van der Waals surface area contributed by atoms with E-state index in [1.165, 1.54) is 0 Å². The van der Waals surface area contributed by atoms with Gasteiger partial charge in [-0.2, -0.15) is 17.5 Å². The molecule has 146 valence electrons. The summed E-state index contributed by atoms with van der Waals surface area (Å²) >= 11 is 0. The van der Waals surface area contributed by atoms with Gasteiger partial charge in [0.25, 0.3) is 0 Å². The molecule has 0 aromatic heterocycles. The number of methoxy groups -OCH3 is 1. The molecule has 26 heavy (non-hydrogen) atoms. The molecular formula is C16H21F3N2O4S. The highest BCUT2D eigenvalue weighted by atomic mass is 32.2. The van der Waals surface area contributed by atoms with Crippen LogP contribution >= 0.6 is 0 Å². The number of halogens is 3. The molecule has 1 aliphatic heterocycles. The van der Waals surface area contributed by atoms with E-state index in [9.17, 15) is 26.4 Å². The summed E-state index contributed by atoms with van der Waals surface area (Å²) in [6.07, 6.45) is -3.55. The minimum atomic E-state index is -4.90. The molecule has 2 N–H and O–H groups in total. The lowest BCUT2D eigenvalue weighted by Crippen LogP contribution is -2.45. The zero-order chi connectivity index (χ0) is 19.7. The first kappa shape index (κ1) is 20.7. The Labute approximate surface area is 150 Å². The summed E-state index contributed by atoms with van der Waals surface area (Å²) < 4.78 is 70.9. The van der Waals surface area contributed by atoms with Crippen molar-refractivity contribution in [2.75, 3.05) is 20.2 Å². The second-order valence-electron chi connectivity index (χ2n) is 6.32. The van der Waals surface area contributed by atoms with E-state index in [0.29, 0.717) is 12.5 Å². The molecule has 1 heterocycles. The number of hydrogen-bond acceptors (Lipinski definition) is 5. The van der Waals surface area contributed by atoms with Crippen LogP contribution in [0.1, 0.15) is 35.7 Å². The highest BCUT2D eigenvalue weighted by Gasteiger charge is 2.38. The van der Waals surface area contributed by atoms with Crippen LogP contribution in [0.3, 0.4) is 0 Å². The Hall–Kier alpha value is -1.65. The molecule has 10 heteroatoms. The molecule has 2 atom stereocenters. The lowest BCUT2D eigenvalue weighted by molar-refractivity contribution is -0.138. The number of carbonyl (C=O) groups excluding carboxylic acids is 1. The fourth-order valence-electron chi connectivity index (χ4n) is 2.98. The zero-order valence-electron chi connectivity index (χ0n) is 14.4. The Morgan fingerprint density at radius 2 is 2.04 bits per heavy atom. The molecule has 6 nitrogen and oxygen atoms in total. The summed E-state index contributed by atoms with van der Waals surface area (Å²) in [6.45, 7) is 2.14. The molecule has 1 aromatic rings. The molecule has 0 amide bonds. The van der Waals surface area contributed by atoms with E-state index in [0.717, 1.165) is 30.0 Å². The number of benzene rings is 1. The van der Waals surface area contributed by atoms with Crippen molar-refractivity contribution in [3.63, 3.8) is 0 Å². The van der Waals surface area contributed by atoms with Crippen molar-refractivity contribution in [2.24, 2.45) is 11.7 Å². The fourth-order valence-corrected chi connectivity index (χ4v) is 4.54. The molecule has 0 aliphatic carbocycles. The van der Waals surface area contributed by atoms with E-state index in [1.54, 1.807) is 6.92 Å². The van der Waals surface area contributed by atoms with E-state index < -0.39 is 38.2 Å². The smallest absolute Gasteiger partial charge is 0.417 e. The highest BCUT2D eigenvalue weighted by Crippen LogP contribution is 2.35. The quantitative estimate of drug-likeness (QED) is 0.791. The third-order valence-electron chi connectivity index (χ3n) is 4.50. The van der Waals surface area contributed by atoms with Crippen LogP contribution in [0.4, 0.5) is 13.2 Å². The lowest BCUT2D eigenvalue weighted by Gasteiger charge is -2.33. The van der Waals surface area contributed by atoms with Gasteiger partial charge in [-0.1, -0.05) is 0 Å². The van der Waals surface area contributed by atoms with Gasteiger partial charge in [0.15, 0.2) is 0 Å². The molecule has 2 rings (SSSR count). The van der Waals surface area contributed by atoms with Crippen LogP contribution in [0.2, 0.25) is 0 Å². The molecule has 1 fully saturated rings. The average molecular weight is 394 g/mol. The van der Waals surface area contributed by atoms with Crippen LogP contribution in [-0.2, 0) is 20.9 Å². The van der Waals surface area contributed by atoms with Crippen molar-refractivity contribution in [2.45, 2.75) is 36.9 Å². The number of piperidine rings is 1. The molecule has 1 aliphatic rings. The van der Waals surface area contributed by atoms with E-state index in [2.05, 4.69) is 4.74 Å². The predicted octanol–water partition coefficient (Wildman–Crippen LogP) is 2.24. The topological polar surface area (TPSA) is 89.7 Å². The number of ether oxygens (including phenoxy) is 1. The number of hydrogen-bond donors (Lipinski definition) is 1. The number of rotatable bonds is 4. The van der Waals surface area contributed by atoms with Crippen molar-refractivity contribution in [1.29, 1.82) is 0 Å². The lowest BCUT2D eigenvalue weighted by atomic mass is 9.93. The first-order valence-electron chi connectivity index (χ1n) is 8.03. The predicted molar refractivity (Wildman–Crippen MR) is 87.9 cm³/mol. The van der Waals surface area contributed by atoms with Crippen LogP contribution in [0.25, 0.3) is 0 Å². The molecule has 0 saturated carbocycles. The van der Waals surface area contributed by atoms with Gasteiger partial charge in [-0.3, -0.25) is 0 Å². The molecule has 1 aromatic carbocycles. The second kappa shape index (κ2) is 7.53. The molecule has 0 bridgehead atoms. The normalized spacial score (nSPS) is 20.6. The number of nitrogens with zero attached hydrogens (tertiary/aromatic N) is 1. The van der Waals surface area contributed by atoms with Crippen LogP contribution < -0.4 is 5.73 Å². The van der Waals surface area contributed by atoms with E-state index in [4.69, 9.17) is 5.73 Å². The Bertz CT molecular complexity index is 778. The Kier molecular flexibility index (Phi) is 5.99. The van der Waals surface area contributed by atoms with Crippen molar-refractivity contribution >= 4 is 16.0 Å². The first-order chi connectivity index (χ1) is 12.0. The summed E-state index contributed by atoms with van der Waals surface area (Å²) in [6, 6.07) is 2.08. The minimum absolute atomic E-state index is 0.0602. The molecule has 1 saturated heterocycles. The number of nitrogens with two attached hydrogens (primary N) is 1. The first-order valence-corrected chi connectivity index (χ1v) is 9.47. The van der Waals surface area contributed by atoms with Crippen molar-refractivity contribution in [3.8, 4) is 0 Å². The third kappa shape index (κ3) is 4.18. The van der Waals surface area contributed by atoms with Gasteiger partial charge in [0.2, 0.25) is 10.0 Å². The van der Waals surface area contributed by atoms with Gasteiger partial charge in [-0.15, -0.1) is 0 Å². The van der Waals surface area contributed by atoms with Crippen LogP contribution in [-0.4, -0.2) is 44.9 Å². The van der Waals surface area contributed by atoms with Gasteiger partial charge >= 0.3 is 12.1 Å². The SMILES string of the molecule is COC(=O)c1ccc(S(=O)(=O)N2CCCC(C(C)N)C2)cc1C(F)(F)F. The molecule has 2 unspecified atom stereocenters. The fraction of sp³-hybridized carbons (Fsp3) is 0.562. The van der Waals surface area contributed by atoms with Crippen LogP contribution in [0.5, 0.6) is 0 Å². The standard InChI is InChI=1S/C16H21F3N2O4S/c1-10(20)11-4-3-7-21(9-11)26(23,24)12-5-6-13(15(22)25-2)14(8-12)16(17,18)19/h5-6,8,10-11H,3-4,7,9,20H2,1-2H3. The number of carbonyl (C=O) groups is 1. The molecule has 0 spiro atoms. The maximum atomic E-state index is 13.3. The van der Waals surface area contributed by atoms with Crippen molar-refractivity contribution in [1.82, 2.24) is 4.31 Å². The number of esters is 1. The summed E-state index contributed by atoms with van der Waals surface area (Å²) in [5.41, 5.74) is 3.77. The van der Waals surface area contributed by atoms with E-state index in [1.807, 2.05) is 0 Å². The van der Waals surface area contributed by atoms with Gasteiger partial charge in [0.1, 0.15) is 0 Å². The van der Waals surface area contributed by atoms with Crippen molar-refractivity contribution in [3.05, 3.63) is 29.3 Å². The molecular weight excluding hydrogens is 373 g/mol. The van der Waals surface area contributed by atoms with Gasteiger partial charge in [0, 0.05) is 19.1 Å². The summed E-state index contributed by atoms with van der Waals surface area (Å²) in [5, 5.41) is 0. The summed E-state index contributed by atoms with van der Waals surface area (Å²) in [5.74, 6) is -1.24. The Morgan fingerprint density at radius 3 is 2.58 bits per heavy atom. The van der Waals surface area contributed by atoms with Gasteiger partial charge in [-0.05, 0) is 43.9 Å². The monoisotopic (exact) mass is 394 g/mol. The van der Waals surface area contributed by atoms with Gasteiger partial charge in [-0.25, -0.2) is 13.2 Å². The highest BCUT2D eigenvalue weighted by molar-refractivity contribution is 7.89. The Morgan fingerprint density at radius 1 is 1.38 bits per heavy atom. The number of sulfonamides is 1. The van der Waals surface area contributed by atoms with Gasteiger partial charge < -0.3 is 10.5 Å². The maximum absolute atomic E-state index is 13.3. The van der Waals surface area contributed by atoms with E-state index in [-0.39, 0.29) is 25.0 Å². The van der Waals surface area contributed by atoms with Gasteiger partial charge in [0.05, 0.1) is 23.1 Å². The number of alkyl halides is 3.